The first-order valence-corrected chi connectivity index (χ1v) is 13.5. The minimum Gasteiger partial charge on any atom is -0.354 e. The lowest BCUT2D eigenvalue weighted by Gasteiger charge is -2.32. The molecular weight excluding hydrogens is 495 g/mol. The molecule has 0 aliphatic carbocycles. The van der Waals surface area contributed by atoms with Crippen LogP contribution in [0.1, 0.15) is 30.5 Å². The molecule has 0 saturated carbocycles. The van der Waals surface area contributed by atoms with Crippen LogP contribution in [0.2, 0.25) is 5.02 Å². The first kappa shape index (κ1) is 27.8. The summed E-state index contributed by atoms with van der Waals surface area (Å²) in [5, 5.41) is 3.35. The molecule has 0 saturated heterocycles. The van der Waals surface area contributed by atoms with Gasteiger partial charge in [-0.1, -0.05) is 92.2 Å². The number of hydrogen-bond acceptors (Lipinski definition) is 3. The summed E-state index contributed by atoms with van der Waals surface area (Å²) in [4.78, 5) is 28.6. The third kappa shape index (κ3) is 8.38. The van der Waals surface area contributed by atoms with E-state index in [-0.39, 0.29) is 29.2 Å². The Bertz CT molecular complexity index is 1110. The predicted molar refractivity (Wildman–Crippen MR) is 146 cm³/mol. The number of halogens is 2. The van der Waals surface area contributed by atoms with E-state index in [0.717, 1.165) is 11.1 Å². The number of nitrogens with one attached hydrogen (secondary N) is 1. The van der Waals surface area contributed by atoms with Gasteiger partial charge in [-0.3, -0.25) is 9.59 Å². The van der Waals surface area contributed by atoms with Gasteiger partial charge in [0.2, 0.25) is 11.8 Å². The van der Waals surface area contributed by atoms with Crippen LogP contribution in [0, 0.1) is 11.7 Å². The van der Waals surface area contributed by atoms with Crippen molar-refractivity contribution in [1.29, 1.82) is 0 Å². The summed E-state index contributed by atoms with van der Waals surface area (Å²) in [5.41, 5.74) is 2.28. The molecule has 0 bridgehead atoms. The van der Waals surface area contributed by atoms with Gasteiger partial charge in [-0.15, -0.1) is 11.8 Å². The monoisotopic (exact) mass is 526 g/mol. The molecule has 3 aromatic carbocycles. The van der Waals surface area contributed by atoms with Crippen LogP contribution in [0.3, 0.4) is 0 Å². The lowest BCUT2D eigenvalue weighted by Crippen LogP contribution is -2.51. The number of amides is 2. The average Bonchev–Trinajstić information content (AvgIpc) is 2.87. The summed E-state index contributed by atoms with van der Waals surface area (Å²) in [6, 6.07) is 23.2. The lowest BCUT2D eigenvalue weighted by molar-refractivity contribution is -0.139. The summed E-state index contributed by atoms with van der Waals surface area (Å²) in [7, 11) is 0. The summed E-state index contributed by atoms with van der Waals surface area (Å²) < 4.78 is 14.2. The number of hydrogen-bond donors (Lipinski definition) is 1. The van der Waals surface area contributed by atoms with Gasteiger partial charge < -0.3 is 10.2 Å². The van der Waals surface area contributed by atoms with E-state index in [2.05, 4.69) is 5.32 Å². The van der Waals surface area contributed by atoms with Gasteiger partial charge >= 0.3 is 0 Å². The molecule has 7 heteroatoms. The van der Waals surface area contributed by atoms with Gasteiger partial charge in [0, 0.05) is 35.8 Å². The highest BCUT2D eigenvalue weighted by Gasteiger charge is 2.30. The minimum atomic E-state index is -0.684. The van der Waals surface area contributed by atoms with Crippen LogP contribution < -0.4 is 5.32 Å². The Balaban J connectivity index is 1.83. The zero-order chi connectivity index (χ0) is 25.9. The van der Waals surface area contributed by atoms with Crippen molar-refractivity contribution in [2.45, 2.75) is 38.6 Å². The quantitative estimate of drug-likeness (QED) is 0.309. The molecule has 0 spiro atoms. The summed E-state index contributed by atoms with van der Waals surface area (Å²) >= 11 is 7.44. The fourth-order valence-electron chi connectivity index (χ4n) is 3.75. The third-order valence-corrected chi connectivity index (χ3v) is 6.98. The highest BCUT2D eigenvalue weighted by atomic mass is 35.5. The van der Waals surface area contributed by atoms with Gasteiger partial charge in [-0.05, 0) is 29.2 Å². The van der Waals surface area contributed by atoms with Crippen molar-refractivity contribution in [2.75, 3.05) is 12.3 Å². The Morgan fingerprint density at radius 3 is 2.19 bits per heavy atom. The second-order valence-corrected chi connectivity index (χ2v) is 10.4. The van der Waals surface area contributed by atoms with E-state index in [1.54, 1.807) is 17.0 Å². The highest BCUT2D eigenvalue weighted by molar-refractivity contribution is 7.99. The van der Waals surface area contributed by atoms with E-state index >= 15 is 0 Å². The molecule has 0 aliphatic heterocycles. The number of rotatable bonds is 12. The Hall–Kier alpha value is -2.83. The first-order valence-electron chi connectivity index (χ1n) is 12.0. The molecule has 2 amide bonds. The van der Waals surface area contributed by atoms with Crippen molar-refractivity contribution in [3.8, 4) is 0 Å². The standard InChI is InChI=1S/C29H32ClFN2O2S/c1-21(2)17-32-29(35)27(16-22-10-5-3-6-11-22)33(18-23-12-7-4-8-13-23)28(34)20-36-19-24-25(30)14-9-15-26(24)31/h3-15,21,27H,16-20H2,1-2H3,(H,32,35). The fraction of sp³-hybridized carbons (Fsp3) is 0.310. The topological polar surface area (TPSA) is 49.4 Å². The number of benzene rings is 3. The minimum absolute atomic E-state index is 0.0975. The average molecular weight is 527 g/mol. The van der Waals surface area contributed by atoms with Gasteiger partial charge in [0.1, 0.15) is 11.9 Å². The molecule has 36 heavy (non-hydrogen) atoms. The Labute approximate surface area is 222 Å². The van der Waals surface area contributed by atoms with Gasteiger partial charge in [0.25, 0.3) is 0 Å². The normalized spacial score (nSPS) is 11.8. The smallest absolute Gasteiger partial charge is 0.243 e. The Morgan fingerprint density at radius 1 is 0.944 bits per heavy atom. The molecule has 1 N–H and O–H groups in total. The van der Waals surface area contributed by atoms with Crippen molar-refractivity contribution in [1.82, 2.24) is 10.2 Å². The lowest BCUT2D eigenvalue weighted by atomic mass is 10.0. The Morgan fingerprint density at radius 2 is 1.58 bits per heavy atom. The fourth-order valence-corrected chi connectivity index (χ4v) is 5.00. The number of carbonyl (C=O) groups excluding carboxylic acids is 2. The molecule has 0 radical (unpaired) electrons. The number of nitrogens with zero attached hydrogens (tertiary/aromatic N) is 1. The molecule has 0 aliphatic rings. The van der Waals surface area contributed by atoms with E-state index in [0.29, 0.717) is 30.1 Å². The SMILES string of the molecule is CC(C)CNC(=O)C(Cc1ccccc1)N(Cc1ccccc1)C(=O)CSCc1c(F)cccc1Cl. The molecular formula is C29H32ClFN2O2S. The molecule has 0 fully saturated rings. The van der Waals surface area contributed by atoms with Crippen LogP contribution in [0.4, 0.5) is 4.39 Å². The van der Waals surface area contributed by atoms with Gasteiger partial charge in [0.05, 0.1) is 5.75 Å². The molecule has 3 rings (SSSR count). The van der Waals surface area contributed by atoms with Crippen molar-refractivity contribution >= 4 is 35.2 Å². The predicted octanol–water partition coefficient (Wildman–Crippen LogP) is 6.12. The summed E-state index contributed by atoms with van der Waals surface area (Å²) in [6.07, 6.45) is 0.396. The maximum atomic E-state index is 14.2. The number of carbonyl (C=O) groups is 2. The van der Waals surface area contributed by atoms with Crippen LogP contribution in [0.15, 0.2) is 78.9 Å². The van der Waals surface area contributed by atoms with E-state index in [9.17, 15) is 14.0 Å². The number of thioether (sulfide) groups is 1. The van der Waals surface area contributed by atoms with Crippen LogP contribution in [0.5, 0.6) is 0 Å². The maximum Gasteiger partial charge on any atom is 0.243 e. The van der Waals surface area contributed by atoms with E-state index in [1.807, 2.05) is 74.5 Å². The van der Waals surface area contributed by atoms with Crippen molar-refractivity contribution in [2.24, 2.45) is 5.92 Å². The van der Waals surface area contributed by atoms with Crippen LogP contribution in [-0.2, 0) is 28.3 Å². The summed E-state index contributed by atoms with van der Waals surface area (Å²) in [5.74, 6) is -0.111. The van der Waals surface area contributed by atoms with E-state index in [1.165, 1.54) is 17.8 Å². The first-order chi connectivity index (χ1) is 17.3. The van der Waals surface area contributed by atoms with Gasteiger partial charge in [-0.25, -0.2) is 4.39 Å². The molecule has 4 nitrogen and oxygen atoms in total. The molecule has 1 unspecified atom stereocenters. The maximum absolute atomic E-state index is 14.2. The van der Waals surface area contributed by atoms with Crippen molar-refractivity contribution < 1.29 is 14.0 Å². The van der Waals surface area contributed by atoms with Crippen LogP contribution in [-0.4, -0.2) is 35.1 Å². The summed E-state index contributed by atoms with van der Waals surface area (Å²) in [6.45, 7) is 4.89. The van der Waals surface area contributed by atoms with Crippen LogP contribution in [0.25, 0.3) is 0 Å². The second-order valence-electron chi connectivity index (χ2n) is 9.04. The third-order valence-electron chi connectivity index (χ3n) is 5.69. The molecule has 0 aromatic heterocycles. The zero-order valence-electron chi connectivity index (χ0n) is 20.6. The van der Waals surface area contributed by atoms with Crippen LogP contribution >= 0.6 is 23.4 Å². The zero-order valence-corrected chi connectivity index (χ0v) is 22.2. The molecule has 190 valence electrons. The van der Waals surface area contributed by atoms with E-state index in [4.69, 9.17) is 11.6 Å². The van der Waals surface area contributed by atoms with Crippen molar-refractivity contribution in [3.63, 3.8) is 0 Å². The van der Waals surface area contributed by atoms with Gasteiger partial charge in [0.15, 0.2) is 0 Å². The van der Waals surface area contributed by atoms with E-state index < -0.39 is 11.9 Å². The van der Waals surface area contributed by atoms with Crippen molar-refractivity contribution in [3.05, 3.63) is 106 Å². The highest BCUT2D eigenvalue weighted by Crippen LogP contribution is 2.25. The molecule has 1 atom stereocenters. The second kappa shape index (κ2) is 14.0. The molecule has 3 aromatic rings. The van der Waals surface area contributed by atoms with Gasteiger partial charge in [-0.2, -0.15) is 0 Å². The largest absolute Gasteiger partial charge is 0.354 e. The molecule has 0 heterocycles. The Kier molecular flexibility index (Phi) is 10.8.